The van der Waals surface area contributed by atoms with Gasteiger partial charge in [0.2, 0.25) is 0 Å². The lowest BCUT2D eigenvalue weighted by Crippen LogP contribution is -2.14. The molecule has 9 aromatic carbocycles. The van der Waals surface area contributed by atoms with E-state index in [1.54, 1.807) is 82.8 Å². The number of benzene rings is 9. The molecule has 0 saturated heterocycles. The number of nitrogens with one attached hydrogen (secondary N) is 1. The molecule has 11 aromatic rings. The zero-order valence-corrected chi connectivity index (χ0v) is 82.3. The van der Waals surface area contributed by atoms with Crippen LogP contribution in [0.3, 0.4) is 0 Å². The summed E-state index contributed by atoms with van der Waals surface area (Å²) in [6.45, 7) is 29.8. The second-order valence-corrected chi connectivity index (χ2v) is 31.3. The molecule has 1 N–H and O–H groups in total. The molecular formula is C109H154Cl2F4N4O9. The highest BCUT2D eigenvalue weighted by atomic mass is 35.5. The van der Waals surface area contributed by atoms with Crippen LogP contribution in [0.15, 0.2) is 181 Å². The van der Waals surface area contributed by atoms with Gasteiger partial charge in [-0.05, 0) is 230 Å². The molecule has 0 bridgehead atoms. The van der Waals surface area contributed by atoms with Crippen molar-refractivity contribution in [1.29, 1.82) is 0 Å². The Bertz CT molecular complexity index is 4720. The number of ether oxygens (including phenoxy) is 8. The molecule has 19 heteroatoms. The molecule has 2 heterocycles. The zero-order chi connectivity index (χ0) is 94.4. The van der Waals surface area contributed by atoms with E-state index in [0.29, 0.717) is 34.3 Å². The molecule has 0 atom stereocenters. The van der Waals surface area contributed by atoms with E-state index in [2.05, 4.69) is 147 Å². The normalized spacial score (nSPS) is 10.7. The number of hydrogen-bond acceptors (Lipinski definition) is 11. The number of imidazole rings is 1. The van der Waals surface area contributed by atoms with Gasteiger partial charge in [0.05, 0.1) is 73.3 Å². The molecular weight excluding hydrogens is 1660 g/mol. The summed E-state index contributed by atoms with van der Waals surface area (Å²) in [6.07, 6.45) is 28.8. The van der Waals surface area contributed by atoms with E-state index in [-0.39, 0.29) is 41.3 Å². The lowest BCUT2D eigenvalue weighted by Gasteiger charge is -2.12. The summed E-state index contributed by atoms with van der Waals surface area (Å²) in [5, 5.41) is 0.970. The van der Waals surface area contributed by atoms with Gasteiger partial charge >= 0.3 is 0 Å². The van der Waals surface area contributed by atoms with Crippen molar-refractivity contribution < 1.29 is 55.5 Å². The van der Waals surface area contributed by atoms with Gasteiger partial charge in [-0.3, -0.25) is 4.79 Å². The summed E-state index contributed by atoms with van der Waals surface area (Å²) in [6, 6.07) is 53.3. The average Bonchev–Trinajstić information content (AvgIpc) is 1.64. The van der Waals surface area contributed by atoms with Crippen molar-refractivity contribution in [3.63, 3.8) is 0 Å². The van der Waals surface area contributed by atoms with Crippen LogP contribution in [-0.2, 0) is 77.7 Å². The summed E-state index contributed by atoms with van der Waals surface area (Å²) < 4.78 is 94.6. The Morgan fingerprint density at radius 2 is 0.828 bits per heavy atom. The van der Waals surface area contributed by atoms with Crippen molar-refractivity contribution in [1.82, 2.24) is 19.5 Å². The van der Waals surface area contributed by atoms with Crippen molar-refractivity contribution in [3.05, 3.63) is 292 Å². The number of methoxy groups -OCH3 is 8. The highest BCUT2D eigenvalue weighted by Gasteiger charge is 2.22. The third kappa shape index (κ3) is 41.6. The number of aromatic nitrogens is 4. The van der Waals surface area contributed by atoms with Crippen molar-refractivity contribution in [3.8, 4) is 46.0 Å². The monoisotopic (exact) mass is 1810 g/mol. The van der Waals surface area contributed by atoms with Gasteiger partial charge in [0.1, 0.15) is 40.4 Å². The number of H-pyrrole nitrogens is 1. The fourth-order valence-corrected chi connectivity index (χ4v) is 14.5. The number of aromatic amines is 1. The number of nitrogens with zero attached hydrogens (tertiary/aromatic N) is 3. The van der Waals surface area contributed by atoms with Crippen LogP contribution in [0, 0.1) is 30.2 Å². The van der Waals surface area contributed by atoms with Gasteiger partial charge in [0.25, 0.3) is 5.56 Å². The van der Waals surface area contributed by atoms with Gasteiger partial charge in [-0.15, -0.1) is 0 Å². The number of halogens is 6. The Balaban J connectivity index is 0.000000709. The standard InChI is InChI=1S/C12H17FO.C12H18O.C11H14N4O.C11H16O.C10H13ClO.2C10H13FO.2C10H14O.C9H10ClF.C3H8.CH4/c1-4-6-9-7-8-11(13)12(14-3)10(9)5-2;1-4-7-10-8-6-9-12(13-3)11(10)5-2;1-15-6-12-8-10(15)13-9(14-11(8)16)7-4-2-3-5-7;1-4-6-10-7-5-8-11(12-3)9(10)2;2*1-3-5-8-6-4-7-9(12-2)10(8)11;1-3-4-8-5-6-9(11)10(7-8)12-2;1-3-5-9-6-4-7-10(8-9)11-2;1-3-4-9-5-7-10(11-2)8-6-9;1-2-3-7-4-5-9(11)8(10)6-7;1-3-2;/h7-8H,4-6H2,1-3H3;6,8-9H,4-5,7H2,1-3H3;6-7H,2-5H2,1H3,(H,13,14,16);5,7-8H,4,6H2,1-3H3;2*4,6-7H,3,5H2,1-2H3;5-7H,3-4H2,1-2H3;4,6-8H,3,5H2,1-2H3;5-8H,3-4H2,1-2H3;4-6H,2-3H2,1H3;3H2,1-2H3;1H4. The van der Waals surface area contributed by atoms with Crippen LogP contribution in [0.5, 0.6) is 46.0 Å². The van der Waals surface area contributed by atoms with E-state index < -0.39 is 0 Å². The number of fused-ring (bicyclic) bond motifs is 1. The molecule has 12 rings (SSSR count). The first-order chi connectivity index (χ1) is 61.3. The molecule has 13 nitrogen and oxygen atoms in total. The second kappa shape index (κ2) is 69.1. The van der Waals surface area contributed by atoms with E-state index in [4.69, 9.17) is 61.1 Å². The smallest absolute Gasteiger partial charge is 0.279 e. The summed E-state index contributed by atoms with van der Waals surface area (Å²) in [5.41, 5.74) is 15.5. The SMILES string of the molecule is C.CCC.CCCc1ccc(F)c(Cl)c1.CCCc1ccc(F)c(OC)c1.CCCc1ccc(F)c(OC)c1CC.CCCc1ccc(OC)cc1.CCCc1cccc(OC)c1.CCCc1cccc(OC)c1C.CCCc1cccc(OC)c1CC.CCCc1cccc(OC)c1Cl.CCCc1cccc(OC)c1F.Cn1cnc2c(=O)[nH]c(C3CCCC3)nc21. The fraction of sp³-hybridized carbons (Fsp3) is 0.459. The first kappa shape index (κ1) is 116. The fourth-order valence-electron chi connectivity index (χ4n) is 14.0. The molecule has 706 valence electrons. The van der Waals surface area contributed by atoms with Crippen molar-refractivity contribution in [2.75, 3.05) is 56.9 Å². The molecule has 128 heavy (non-hydrogen) atoms. The van der Waals surface area contributed by atoms with E-state index in [1.807, 2.05) is 87.6 Å². The van der Waals surface area contributed by atoms with Crippen molar-refractivity contribution in [2.24, 2.45) is 7.05 Å². The molecule has 1 saturated carbocycles. The maximum absolute atomic E-state index is 13.3. The Hall–Kier alpha value is -9.97. The molecule has 1 fully saturated rings. The van der Waals surface area contributed by atoms with E-state index in [9.17, 15) is 22.4 Å². The lowest BCUT2D eigenvalue weighted by molar-refractivity contribution is 0.381. The maximum Gasteiger partial charge on any atom is 0.279 e. The van der Waals surface area contributed by atoms with Crippen molar-refractivity contribution in [2.45, 2.75) is 271 Å². The molecule has 0 unspecified atom stereocenters. The topological polar surface area (TPSA) is 137 Å². The molecule has 0 aliphatic heterocycles. The zero-order valence-electron chi connectivity index (χ0n) is 80.8. The van der Waals surface area contributed by atoms with Gasteiger partial charge in [0.15, 0.2) is 45.9 Å². The number of rotatable bonds is 29. The van der Waals surface area contributed by atoms with Crippen molar-refractivity contribution >= 4 is 34.4 Å². The highest BCUT2D eigenvalue weighted by Crippen LogP contribution is 2.34. The third-order valence-corrected chi connectivity index (χ3v) is 21.1. The Labute approximate surface area is 777 Å². The van der Waals surface area contributed by atoms with Crippen LogP contribution in [0.1, 0.15) is 266 Å². The van der Waals surface area contributed by atoms with E-state index >= 15 is 0 Å². The Kier molecular flexibility index (Phi) is 62.6. The number of aryl methyl sites for hydroxylation is 10. The number of hydrogen-bond donors (Lipinski definition) is 1. The van der Waals surface area contributed by atoms with Crippen LogP contribution >= 0.6 is 23.2 Å². The van der Waals surface area contributed by atoms with Crippen LogP contribution in [0.4, 0.5) is 17.6 Å². The molecule has 1 aliphatic rings. The second-order valence-electron chi connectivity index (χ2n) is 30.5. The van der Waals surface area contributed by atoms with Gasteiger partial charge in [-0.1, -0.05) is 289 Å². The van der Waals surface area contributed by atoms with E-state index in [1.165, 1.54) is 129 Å². The quantitative estimate of drug-likeness (QED) is 0.0449. The maximum atomic E-state index is 13.3. The summed E-state index contributed by atoms with van der Waals surface area (Å²) >= 11 is 11.6. The molecule has 0 radical (unpaired) electrons. The largest absolute Gasteiger partial charge is 0.497 e. The third-order valence-electron chi connectivity index (χ3n) is 20.4. The van der Waals surface area contributed by atoms with Crippen LogP contribution in [0.2, 0.25) is 10.0 Å². The van der Waals surface area contributed by atoms with Gasteiger partial charge in [0, 0.05) is 18.5 Å². The first-order valence-electron chi connectivity index (χ1n) is 45.5. The Morgan fingerprint density at radius 3 is 1.34 bits per heavy atom. The molecule has 0 amide bonds. The van der Waals surface area contributed by atoms with Crippen LogP contribution < -0.4 is 43.5 Å². The molecule has 1 aliphatic carbocycles. The van der Waals surface area contributed by atoms with Crippen LogP contribution in [0.25, 0.3) is 11.2 Å². The van der Waals surface area contributed by atoms with Crippen LogP contribution in [-0.4, -0.2) is 76.4 Å². The first-order valence-corrected chi connectivity index (χ1v) is 46.3. The van der Waals surface area contributed by atoms with E-state index in [0.717, 1.165) is 177 Å². The Morgan fingerprint density at radius 1 is 0.406 bits per heavy atom. The minimum Gasteiger partial charge on any atom is -0.497 e. The highest BCUT2D eigenvalue weighted by molar-refractivity contribution is 6.32. The summed E-state index contributed by atoms with van der Waals surface area (Å²) in [4.78, 5) is 23.2. The summed E-state index contributed by atoms with van der Waals surface area (Å²) in [7, 11) is 14.8. The predicted molar refractivity (Wildman–Crippen MR) is 533 cm³/mol. The molecule has 0 spiro atoms. The minimum absolute atomic E-state index is 0. The van der Waals surface area contributed by atoms with Gasteiger partial charge in [-0.25, -0.2) is 27.5 Å². The van der Waals surface area contributed by atoms with Gasteiger partial charge < -0.3 is 47.4 Å². The minimum atomic E-state index is -0.341. The summed E-state index contributed by atoms with van der Waals surface area (Å²) in [5.74, 6) is 5.92. The van der Waals surface area contributed by atoms with Gasteiger partial charge in [-0.2, -0.15) is 0 Å². The average molecular weight is 1810 g/mol. The predicted octanol–water partition coefficient (Wildman–Crippen LogP) is 30.5. The molecule has 2 aromatic heterocycles. The lowest BCUT2D eigenvalue weighted by atomic mass is 10.00.